The molecule has 1 rings (SSSR count). The van der Waals surface area contributed by atoms with Gasteiger partial charge in [0.2, 0.25) is 0 Å². The standard InChI is InChI=1S/C16H21FN2O2/c1-15(2,14(20)21-5)16(3,4)19-10-11-6-7-13(17)12(8-11)9-18/h6-8,19H,10H2,1-5H3. The lowest BCUT2D eigenvalue weighted by Crippen LogP contribution is -2.55. The Morgan fingerprint density at radius 2 is 2.00 bits per heavy atom. The number of ether oxygens (including phenoxy) is 1. The van der Waals surface area contributed by atoms with E-state index in [0.717, 1.165) is 5.56 Å². The van der Waals surface area contributed by atoms with Crippen molar-refractivity contribution in [2.24, 2.45) is 5.41 Å². The third-order valence-electron chi connectivity index (χ3n) is 4.14. The van der Waals surface area contributed by atoms with E-state index >= 15 is 0 Å². The lowest BCUT2D eigenvalue weighted by atomic mass is 9.74. The Labute approximate surface area is 124 Å². The summed E-state index contributed by atoms with van der Waals surface area (Å²) in [5, 5.41) is 12.1. The van der Waals surface area contributed by atoms with Crippen molar-refractivity contribution in [3.05, 3.63) is 35.1 Å². The largest absolute Gasteiger partial charge is 0.469 e. The molecule has 0 saturated carbocycles. The highest BCUT2D eigenvalue weighted by Gasteiger charge is 2.43. The van der Waals surface area contributed by atoms with E-state index in [9.17, 15) is 9.18 Å². The molecule has 1 aromatic carbocycles. The first-order valence-electron chi connectivity index (χ1n) is 6.67. The summed E-state index contributed by atoms with van der Waals surface area (Å²) in [7, 11) is 1.36. The molecule has 0 radical (unpaired) electrons. The minimum Gasteiger partial charge on any atom is -0.469 e. The number of nitrogens with zero attached hydrogens (tertiary/aromatic N) is 1. The summed E-state index contributed by atoms with van der Waals surface area (Å²) in [5.74, 6) is -0.841. The van der Waals surface area contributed by atoms with Crippen LogP contribution in [-0.2, 0) is 16.1 Å². The monoisotopic (exact) mass is 292 g/mol. The summed E-state index contributed by atoms with van der Waals surface area (Å²) >= 11 is 0. The molecule has 0 unspecified atom stereocenters. The molecular formula is C16H21FN2O2. The molecular weight excluding hydrogens is 271 g/mol. The minimum atomic E-state index is -0.736. The number of hydrogen-bond acceptors (Lipinski definition) is 4. The van der Waals surface area contributed by atoms with Gasteiger partial charge in [0.25, 0.3) is 0 Å². The van der Waals surface area contributed by atoms with E-state index in [1.807, 2.05) is 19.9 Å². The maximum absolute atomic E-state index is 13.3. The maximum atomic E-state index is 13.3. The van der Waals surface area contributed by atoms with Crippen LogP contribution >= 0.6 is 0 Å². The Morgan fingerprint density at radius 3 is 2.52 bits per heavy atom. The number of esters is 1. The molecule has 0 bridgehead atoms. The Hall–Kier alpha value is -1.93. The van der Waals surface area contributed by atoms with E-state index in [4.69, 9.17) is 10.00 Å². The van der Waals surface area contributed by atoms with Gasteiger partial charge < -0.3 is 10.1 Å². The lowest BCUT2D eigenvalue weighted by molar-refractivity contribution is -0.155. The third kappa shape index (κ3) is 3.59. The van der Waals surface area contributed by atoms with E-state index < -0.39 is 16.8 Å². The molecule has 21 heavy (non-hydrogen) atoms. The summed E-state index contributed by atoms with van der Waals surface area (Å²) in [5.41, 5.74) is -0.484. The van der Waals surface area contributed by atoms with Gasteiger partial charge in [-0.3, -0.25) is 4.79 Å². The Bertz CT molecular complexity index is 574. The molecule has 0 heterocycles. The fourth-order valence-corrected chi connectivity index (χ4v) is 1.82. The number of nitriles is 1. The second kappa shape index (κ2) is 6.23. The summed E-state index contributed by atoms with van der Waals surface area (Å²) in [6.07, 6.45) is 0. The molecule has 1 aromatic rings. The second-order valence-corrected chi connectivity index (χ2v) is 6.02. The minimum absolute atomic E-state index is 0.0133. The van der Waals surface area contributed by atoms with Gasteiger partial charge in [-0.25, -0.2) is 4.39 Å². The molecule has 1 N–H and O–H groups in total. The molecule has 0 spiro atoms. The van der Waals surface area contributed by atoms with Crippen molar-refractivity contribution in [2.45, 2.75) is 39.8 Å². The summed E-state index contributed by atoms with van der Waals surface area (Å²) in [6.45, 7) is 7.83. The van der Waals surface area contributed by atoms with Gasteiger partial charge in [-0.05, 0) is 45.4 Å². The number of carbonyl (C=O) groups is 1. The van der Waals surface area contributed by atoms with E-state index in [1.54, 1.807) is 19.9 Å². The predicted molar refractivity (Wildman–Crippen MR) is 77.8 cm³/mol. The molecule has 114 valence electrons. The van der Waals surface area contributed by atoms with Crippen molar-refractivity contribution in [2.75, 3.05) is 7.11 Å². The van der Waals surface area contributed by atoms with Crippen molar-refractivity contribution in [3.8, 4) is 6.07 Å². The number of hydrogen-bond donors (Lipinski definition) is 1. The molecule has 0 saturated heterocycles. The third-order valence-corrected chi connectivity index (χ3v) is 4.14. The number of nitrogens with one attached hydrogen (secondary N) is 1. The number of halogens is 1. The highest BCUT2D eigenvalue weighted by atomic mass is 19.1. The molecule has 5 heteroatoms. The van der Waals surface area contributed by atoms with Gasteiger partial charge in [-0.1, -0.05) is 6.07 Å². The predicted octanol–water partition coefficient (Wildman–Crippen LogP) is 2.76. The Morgan fingerprint density at radius 1 is 1.38 bits per heavy atom. The van der Waals surface area contributed by atoms with Gasteiger partial charge >= 0.3 is 5.97 Å². The van der Waals surface area contributed by atoms with Gasteiger partial charge in [-0.15, -0.1) is 0 Å². The van der Waals surface area contributed by atoms with E-state index in [2.05, 4.69) is 5.32 Å². The molecule has 0 atom stereocenters. The molecule has 0 aliphatic heterocycles. The van der Waals surface area contributed by atoms with E-state index in [1.165, 1.54) is 19.2 Å². The van der Waals surface area contributed by atoms with Crippen LogP contribution < -0.4 is 5.32 Å². The second-order valence-electron chi connectivity index (χ2n) is 6.02. The number of benzene rings is 1. The van der Waals surface area contributed by atoms with Crippen LogP contribution in [0.1, 0.15) is 38.8 Å². The number of methoxy groups -OCH3 is 1. The Balaban J connectivity index is 2.87. The van der Waals surface area contributed by atoms with Gasteiger partial charge in [0, 0.05) is 12.1 Å². The van der Waals surface area contributed by atoms with Crippen molar-refractivity contribution in [1.29, 1.82) is 5.26 Å². The van der Waals surface area contributed by atoms with Crippen LogP contribution in [0.2, 0.25) is 0 Å². The first-order chi connectivity index (χ1) is 9.65. The smallest absolute Gasteiger partial charge is 0.313 e. The van der Waals surface area contributed by atoms with Gasteiger partial charge in [-0.2, -0.15) is 5.26 Å². The van der Waals surface area contributed by atoms with Crippen LogP contribution in [0.3, 0.4) is 0 Å². The van der Waals surface area contributed by atoms with Crippen LogP contribution in [0.25, 0.3) is 0 Å². The van der Waals surface area contributed by atoms with Crippen LogP contribution in [0.4, 0.5) is 4.39 Å². The fourth-order valence-electron chi connectivity index (χ4n) is 1.82. The molecule has 0 aromatic heterocycles. The maximum Gasteiger partial charge on any atom is 0.313 e. The fraction of sp³-hybridized carbons (Fsp3) is 0.500. The highest BCUT2D eigenvalue weighted by molar-refractivity contribution is 5.77. The van der Waals surface area contributed by atoms with Crippen molar-refractivity contribution in [3.63, 3.8) is 0 Å². The number of rotatable bonds is 5. The lowest BCUT2D eigenvalue weighted by Gasteiger charge is -2.40. The van der Waals surface area contributed by atoms with Crippen LogP contribution in [0, 0.1) is 22.6 Å². The average molecular weight is 292 g/mol. The first-order valence-corrected chi connectivity index (χ1v) is 6.67. The summed E-state index contributed by atoms with van der Waals surface area (Å²) in [4.78, 5) is 11.9. The molecule has 0 aliphatic carbocycles. The van der Waals surface area contributed by atoms with Crippen molar-refractivity contribution in [1.82, 2.24) is 5.32 Å². The zero-order valence-corrected chi connectivity index (χ0v) is 13.1. The van der Waals surface area contributed by atoms with E-state index in [-0.39, 0.29) is 11.5 Å². The SMILES string of the molecule is COC(=O)C(C)(C)C(C)(C)NCc1ccc(F)c(C#N)c1. The molecule has 0 aliphatic rings. The average Bonchev–Trinajstić information content (AvgIpc) is 2.45. The summed E-state index contributed by atoms with van der Waals surface area (Å²) < 4.78 is 18.1. The topological polar surface area (TPSA) is 62.1 Å². The molecule has 0 amide bonds. The number of carbonyl (C=O) groups excluding carboxylic acids is 1. The van der Waals surface area contributed by atoms with Gasteiger partial charge in [0.1, 0.15) is 11.9 Å². The van der Waals surface area contributed by atoms with E-state index in [0.29, 0.717) is 6.54 Å². The first kappa shape index (κ1) is 17.1. The molecule has 4 nitrogen and oxygen atoms in total. The quantitative estimate of drug-likeness (QED) is 0.848. The highest BCUT2D eigenvalue weighted by Crippen LogP contribution is 2.32. The van der Waals surface area contributed by atoms with Crippen LogP contribution in [-0.4, -0.2) is 18.6 Å². The zero-order valence-electron chi connectivity index (χ0n) is 13.1. The zero-order chi connectivity index (χ0) is 16.3. The van der Waals surface area contributed by atoms with Gasteiger partial charge in [0.15, 0.2) is 0 Å². The van der Waals surface area contributed by atoms with Crippen molar-refractivity contribution < 1.29 is 13.9 Å². The van der Waals surface area contributed by atoms with Crippen LogP contribution in [0.5, 0.6) is 0 Å². The van der Waals surface area contributed by atoms with Crippen molar-refractivity contribution >= 4 is 5.97 Å². The van der Waals surface area contributed by atoms with Gasteiger partial charge in [0.05, 0.1) is 18.1 Å². The molecule has 0 fully saturated rings. The Kier molecular flexibility index (Phi) is 5.08. The van der Waals surface area contributed by atoms with Crippen LogP contribution in [0.15, 0.2) is 18.2 Å². The summed E-state index contributed by atoms with van der Waals surface area (Å²) in [6, 6.07) is 6.20. The normalized spacial score (nSPS) is 11.9.